The summed E-state index contributed by atoms with van der Waals surface area (Å²) in [6, 6.07) is 11.5. The molecule has 0 spiro atoms. The molecule has 10 nitrogen and oxygen atoms in total. The molecule has 0 unspecified atom stereocenters. The van der Waals surface area contributed by atoms with E-state index >= 15 is 0 Å². The van der Waals surface area contributed by atoms with Gasteiger partial charge in [-0.2, -0.15) is 4.31 Å². The maximum absolute atomic E-state index is 13.1. The van der Waals surface area contributed by atoms with Gasteiger partial charge >= 0.3 is 0 Å². The topological polar surface area (TPSA) is 131 Å². The monoisotopic (exact) mass is 456 g/mol. The maximum Gasteiger partial charge on any atom is 0.262 e. The highest BCUT2D eigenvalue weighted by Crippen LogP contribution is 2.33. The molecule has 2 amide bonds. The minimum atomic E-state index is -3.99. The van der Waals surface area contributed by atoms with Crippen molar-refractivity contribution in [1.82, 2.24) is 9.46 Å². The largest absolute Gasteiger partial charge is 0.482 e. The smallest absolute Gasteiger partial charge is 0.262 e. The number of carbonyl (C=O) groups excluding carboxylic acids is 2. The Morgan fingerprint density at radius 1 is 1.25 bits per heavy atom. The van der Waals surface area contributed by atoms with Crippen LogP contribution in [0.15, 0.2) is 58.1 Å². The van der Waals surface area contributed by atoms with Gasteiger partial charge in [0.05, 0.1) is 23.3 Å². The Kier molecular flexibility index (Phi) is 5.68. The molecule has 2 aromatic carbocycles. The molecule has 1 aliphatic rings. The number of anilines is 2. The second-order valence-corrected chi connectivity index (χ2v) is 9.23. The van der Waals surface area contributed by atoms with Gasteiger partial charge in [-0.25, -0.2) is 8.42 Å². The Labute approximate surface area is 184 Å². The summed E-state index contributed by atoms with van der Waals surface area (Å²) in [5.74, 6) is -0.0171. The van der Waals surface area contributed by atoms with E-state index in [4.69, 9.17) is 9.26 Å². The summed E-state index contributed by atoms with van der Waals surface area (Å²) in [6.07, 6.45) is 1.52. The molecule has 0 saturated heterocycles. The summed E-state index contributed by atoms with van der Waals surface area (Å²) < 4.78 is 37.6. The third-order valence-electron chi connectivity index (χ3n) is 4.83. The molecule has 0 radical (unpaired) electrons. The summed E-state index contributed by atoms with van der Waals surface area (Å²) in [6.45, 7) is 1.01. The summed E-state index contributed by atoms with van der Waals surface area (Å²) in [5, 5.41) is 8.98. The molecule has 0 saturated carbocycles. The first kappa shape index (κ1) is 21.5. The predicted octanol–water partition coefficient (Wildman–Crippen LogP) is 2.24. The van der Waals surface area contributed by atoms with Gasteiger partial charge in [0.1, 0.15) is 5.75 Å². The van der Waals surface area contributed by atoms with E-state index < -0.39 is 22.5 Å². The molecule has 0 atom stereocenters. The van der Waals surface area contributed by atoms with Crippen molar-refractivity contribution < 1.29 is 27.3 Å². The van der Waals surface area contributed by atoms with Gasteiger partial charge < -0.3 is 19.9 Å². The van der Waals surface area contributed by atoms with Crippen LogP contribution in [-0.2, 0) is 19.6 Å². The number of nitrogens with one attached hydrogen (secondary N) is 2. The minimum Gasteiger partial charge on any atom is -0.482 e. The molecular weight excluding hydrogens is 436 g/mol. The SMILES string of the molecule is Cc1cc2c(cc1S(=O)(=O)N(C)CC(=O)Nc1cccc(-c3ccno3)c1)OCC(=O)N2. The number of benzene rings is 2. The molecule has 0 bridgehead atoms. The van der Waals surface area contributed by atoms with E-state index in [9.17, 15) is 18.0 Å². The lowest BCUT2D eigenvalue weighted by molar-refractivity contribution is -0.118. The number of sulfonamides is 1. The molecule has 1 aromatic heterocycles. The second kappa shape index (κ2) is 8.44. The first-order valence-corrected chi connectivity index (χ1v) is 11.0. The average molecular weight is 456 g/mol. The average Bonchev–Trinajstić information content (AvgIpc) is 3.28. The summed E-state index contributed by atoms with van der Waals surface area (Å²) in [7, 11) is -2.67. The van der Waals surface area contributed by atoms with Crippen molar-refractivity contribution >= 4 is 33.2 Å². The normalized spacial score (nSPS) is 13.3. The van der Waals surface area contributed by atoms with Crippen molar-refractivity contribution in [3.8, 4) is 17.1 Å². The Morgan fingerprint density at radius 2 is 2.06 bits per heavy atom. The van der Waals surface area contributed by atoms with E-state index in [1.54, 1.807) is 37.3 Å². The fourth-order valence-corrected chi connectivity index (χ4v) is 4.61. The van der Waals surface area contributed by atoms with Crippen LogP contribution < -0.4 is 15.4 Å². The molecule has 32 heavy (non-hydrogen) atoms. The fourth-order valence-electron chi connectivity index (χ4n) is 3.26. The number of hydrogen-bond acceptors (Lipinski definition) is 7. The van der Waals surface area contributed by atoms with Crippen LogP contribution in [-0.4, -0.2) is 49.9 Å². The number of fused-ring (bicyclic) bond motifs is 1. The minimum absolute atomic E-state index is 0.00462. The third kappa shape index (κ3) is 4.34. The Bertz CT molecular complexity index is 1290. The first-order chi connectivity index (χ1) is 15.2. The number of ether oxygens (including phenoxy) is 1. The number of carbonyl (C=O) groups is 2. The number of likely N-dealkylation sites (N-methyl/N-ethyl adjacent to an activating group) is 1. The fraction of sp³-hybridized carbons (Fsp3) is 0.190. The second-order valence-electron chi connectivity index (χ2n) is 7.22. The predicted molar refractivity (Wildman–Crippen MR) is 116 cm³/mol. The third-order valence-corrected chi connectivity index (χ3v) is 6.78. The van der Waals surface area contributed by atoms with Crippen LogP contribution in [0.3, 0.4) is 0 Å². The van der Waals surface area contributed by atoms with E-state index in [0.29, 0.717) is 22.7 Å². The standard InChI is InChI=1S/C21H20N4O6S/c1-13-8-16-18(30-12-21(27)24-16)10-19(13)32(28,29)25(2)11-20(26)23-15-5-3-4-14(9-15)17-6-7-22-31-17/h3-10H,11-12H2,1-2H3,(H,23,26)(H,24,27). The van der Waals surface area contributed by atoms with Gasteiger partial charge in [0, 0.05) is 30.4 Å². The van der Waals surface area contributed by atoms with E-state index in [1.807, 2.05) is 0 Å². The molecule has 4 rings (SSSR count). The van der Waals surface area contributed by atoms with Crippen molar-refractivity contribution in [2.24, 2.45) is 0 Å². The zero-order valence-electron chi connectivity index (χ0n) is 17.3. The maximum atomic E-state index is 13.1. The van der Waals surface area contributed by atoms with Crippen molar-refractivity contribution in [2.45, 2.75) is 11.8 Å². The molecule has 2 heterocycles. The molecule has 0 aliphatic carbocycles. The van der Waals surface area contributed by atoms with E-state index in [-0.39, 0.29) is 23.2 Å². The van der Waals surface area contributed by atoms with Crippen LogP contribution in [0.2, 0.25) is 0 Å². The molecule has 1 aliphatic heterocycles. The zero-order chi connectivity index (χ0) is 22.9. The number of aryl methyl sites for hydroxylation is 1. The van der Waals surface area contributed by atoms with Gasteiger partial charge in [0.2, 0.25) is 15.9 Å². The van der Waals surface area contributed by atoms with Crippen LogP contribution in [0.25, 0.3) is 11.3 Å². The lowest BCUT2D eigenvalue weighted by Crippen LogP contribution is -2.35. The molecule has 0 fully saturated rings. The van der Waals surface area contributed by atoms with Crippen LogP contribution in [0.1, 0.15) is 5.56 Å². The number of aromatic nitrogens is 1. The van der Waals surface area contributed by atoms with Crippen LogP contribution in [0.4, 0.5) is 11.4 Å². The van der Waals surface area contributed by atoms with Crippen molar-refractivity contribution in [3.63, 3.8) is 0 Å². The molecular formula is C21H20N4O6S. The number of nitrogens with zero attached hydrogens (tertiary/aromatic N) is 2. The van der Waals surface area contributed by atoms with Gasteiger partial charge in [0.25, 0.3) is 5.91 Å². The first-order valence-electron chi connectivity index (χ1n) is 9.58. The lowest BCUT2D eigenvalue weighted by Gasteiger charge is -2.22. The molecule has 166 valence electrons. The number of rotatable bonds is 6. The van der Waals surface area contributed by atoms with Crippen molar-refractivity contribution in [1.29, 1.82) is 0 Å². The summed E-state index contributed by atoms with van der Waals surface area (Å²) in [5.41, 5.74) is 2.04. The lowest BCUT2D eigenvalue weighted by atomic mass is 10.1. The van der Waals surface area contributed by atoms with Crippen molar-refractivity contribution in [3.05, 3.63) is 54.2 Å². The summed E-state index contributed by atoms with van der Waals surface area (Å²) >= 11 is 0. The van der Waals surface area contributed by atoms with Crippen LogP contribution in [0.5, 0.6) is 5.75 Å². The van der Waals surface area contributed by atoms with E-state index in [1.165, 1.54) is 25.4 Å². The highest BCUT2D eigenvalue weighted by atomic mass is 32.2. The quantitative estimate of drug-likeness (QED) is 0.582. The molecule has 11 heteroatoms. The van der Waals surface area contributed by atoms with Crippen LogP contribution >= 0.6 is 0 Å². The van der Waals surface area contributed by atoms with E-state index in [2.05, 4.69) is 15.8 Å². The molecule has 3 aromatic rings. The van der Waals surface area contributed by atoms with Crippen LogP contribution in [0, 0.1) is 6.92 Å². The van der Waals surface area contributed by atoms with Gasteiger partial charge in [-0.15, -0.1) is 0 Å². The van der Waals surface area contributed by atoms with Gasteiger partial charge in [0.15, 0.2) is 12.4 Å². The van der Waals surface area contributed by atoms with Gasteiger partial charge in [-0.1, -0.05) is 17.3 Å². The van der Waals surface area contributed by atoms with E-state index in [0.717, 1.165) is 9.87 Å². The summed E-state index contributed by atoms with van der Waals surface area (Å²) in [4.78, 5) is 24.0. The Hall–Kier alpha value is -3.70. The Balaban J connectivity index is 1.49. The van der Waals surface area contributed by atoms with Crippen molar-refractivity contribution in [2.75, 3.05) is 30.8 Å². The zero-order valence-corrected chi connectivity index (χ0v) is 18.1. The Morgan fingerprint density at radius 3 is 2.81 bits per heavy atom. The van der Waals surface area contributed by atoms with Gasteiger partial charge in [-0.3, -0.25) is 9.59 Å². The number of hydrogen-bond donors (Lipinski definition) is 2. The highest BCUT2D eigenvalue weighted by molar-refractivity contribution is 7.89. The van der Waals surface area contributed by atoms with Gasteiger partial charge in [-0.05, 0) is 30.7 Å². The number of amides is 2. The molecule has 2 N–H and O–H groups in total. The highest BCUT2D eigenvalue weighted by Gasteiger charge is 2.28.